The highest BCUT2D eigenvalue weighted by molar-refractivity contribution is 6.04. The lowest BCUT2D eigenvalue weighted by molar-refractivity contribution is 0.102. The molecule has 3 aromatic rings. The number of nitrogens with one attached hydrogen (secondary N) is 2. The Balaban J connectivity index is 1.69. The van der Waals surface area contributed by atoms with Crippen molar-refractivity contribution in [3.8, 4) is 6.07 Å². The van der Waals surface area contributed by atoms with Crippen molar-refractivity contribution >= 4 is 23.2 Å². The summed E-state index contributed by atoms with van der Waals surface area (Å²) in [5.74, 6) is 0.271. The van der Waals surface area contributed by atoms with E-state index in [4.69, 9.17) is 5.26 Å². The monoisotopic (exact) mass is 343 g/mol. The van der Waals surface area contributed by atoms with Crippen LogP contribution in [0.15, 0.2) is 54.6 Å². The zero-order valence-electron chi connectivity index (χ0n) is 14.4. The van der Waals surface area contributed by atoms with Gasteiger partial charge in [-0.15, -0.1) is 0 Å². The summed E-state index contributed by atoms with van der Waals surface area (Å²) in [7, 11) is 0. The number of amides is 1. The smallest absolute Gasteiger partial charge is 0.255 e. The second-order valence-corrected chi connectivity index (χ2v) is 5.82. The topological polar surface area (TPSA) is 90.7 Å². The first-order valence-corrected chi connectivity index (χ1v) is 8.04. The van der Waals surface area contributed by atoms with Crippen LogP contribution in [0, 0.1) is 25.2 Å². The molecule has 0 aliphatic carbocycles. The van der Waals surface area contributed by atoms with Crippen molar-refractivity contribution in [2.24, 2.45) is 0 Å². The summed E-state index contributed by atoms with van der Waals surface area (Å²) in [5.41, 5.74) is 4.15. The average molecular weight is 343 g/mol. The van der Waals surface area contributed by atoms with E-state index in [0.717, 1.165) is 17.1 Å². The molecule has 0 spiro atoms. The van der Waals surface area contributed by atoms with E-state index in [1.165, 1.54) is 0 Å². The van der Waals surface area contributed by atoms with Gasteiger partial charge >= 0.3 is 0 Å². The van der Waals surface area contributed by atoms with Crippen molar-refractivity contribution in [3.05, 3.63) is 77.1 Å². The number of nitrogens with zero attached hydrogens (tertiary/aromatic N) is 3. The lowest BCUT2D eigenvalue weighted by Crippen LogP contribution is -2.11. The fraction of sp³-hybridized carbons (Fsp3) is 0.100. The van der Waals surface area contributed by atoms with Gasteiger partial charge in [0.2, 0.25) is 5.95 Å². The third-order valence-corrected chi connectivity index (χ3v) is 3.64. The fourth-order valence-corrected chi connectivity index (χ4v) is 2.48. The third-order valence-electron chi connectivity index (χ3n) is 3.64. The number of hydrogen-bond donors (Lipinski definition) is 2. The highest BCUT2D eigenvalue weighted by Crippen LogP contribution is 2.18. The highest BCUT2D eigenvalue weighted by atomic mass is 16.1. The van der Waals surface area contributed by atoms with Crippen LogP contribution in [0.25, 0.3) is 0 Å². The van der Waals surface area contributed by atoms with E-state index < -0.39 is 0 Å². The Morgan fingerprint density at radius 2 is 1.62 bits per heavy atom. The molecule has 6 heteroatoms. The van der Waals surface area contributed by atoms with Gasteiger partial charge in [-0.05, 0) is 62.4 Å². The van der Waals surface area contributed by atoms with Crippen LogP contribution in [0.2, 0.25) is 0 Å². The van der Waals surface area contributed by atoms with Crippen LogP contribution < -0.4 is 10.6 Å². The first-order chi connectivity index (χ1) is 12.5. The molecule has 2 N–H and O–H groups in total. The minimum atomic E-state index is -0.263. The molecular formula is C20H17N5O. The molecule has 1 heterocycles. The van der Waals surface area contributed by atoms with Gasteiger partial charge in [-0.2, -0.15) is 5.26 Å². The van der Waals surface area contributed by atoms with Gasteiger partial charge in [0.1, 0.15) is 0 Å². The van der Waals surface area contributed by atoms with E-state index in [1.807, 2.05) is 38.1 Å². The summed E-state index contributed by atoms with van der Waals surface area (Å²) in [5, 5.41) is 14.9. The van der Waals surface area contributed by atoms with Crippen LogP contribution in [0.5, 0.6) is 0 Å². The quantitative estimate of drug-likeness (QED) is 0.748. The zero-order chi connectivity index (χ0) is 18.5. The molecule has 26 heavy (non-hydrogen) atoms. The molecule has 2 aromatic carbocycles. The average Bonchev–Trinajstić information content (AvgIpc) is 2.62. The highest BCUT2D eigenvalue weighted by Gasteiger charge is 2.07. The first kappa shape index (κ1) is 17.1. The van der Waals surface area contributed by atoms with Crippen LogP contribution >= 0.6 is 0 Å². The molecule has 0 atom stereocenters. The molecule has 6 nitrogen and oxygen atoms in total. The van der Waals surface area contributed by atoms with E-state index in [2.05, 4.69) is 20.6 Å². The second kappa shape index (κ2) is 7.45. The Kier molecular flexibility index (Phi) is 4.90. The largest absolute Gasteiger partial charge is 0.324 e. The van der Waals surface area contributed by atoms with Gasteiger partial charge in [0.05, 0.1) is 11.6 Å². The molecule has 3 rings (SSSR count). The van der Waals surface area contributed by atoms with Crippen molar-refractivity contribution in [3.63, 3.8) is 0 Å². The van der Waals surface area contributed by atoms with Crippen molar-refractivity contribution in [2.75, 3.05) is 10.6 Å². The van der Waals surface area contributed by atoms with E-state index in [1.54, 1.807) is 36.4 Å². The molecule has 128 valence electrons. The van der Waals surface area contributed by atoms with Gasteiger partial charge < -0.3 is 10.6 Å². The molecule has 0 unspecified atom stereocenters. The van der Waals surface area contributed by atoms with Crippen molar-refractivity contribution in [1.82, 2.24) is 9.97 Å². The second-order valence-electron chi connectivity index (χ2n) is 5.82. The van der Waals surface area contributed by atoms with Crippen LogP contribution in [0.1, 0.15) is 27.3 Å². The van der Waals surface area contributed by atoms with Crippen LogP contribution in [0.3, 0.4) is 0 Å². The summed E-state index contributed by atoms with van der Waals surface area (Å²) in [6.45, 7) is 3.83. The molecular weight excluding hydrogens is 326 g/mol. The number of anilines is 3. The Labute approximate surface area is 151 Å². The molecule has 0 saturated heterocycles. The molecule has 0 aliphatic rings. The van der Waals surface area contributed by atoms with E-state index in [9.17, 15) is 4.79 Å². The van der Waals surface area contributed by atoms with E-state index >= 15 is 0 Å². The van der Waals surface area contributed by atoms with Gasteiger partial charge in [0.15, 0.2) is 0 Å². The Hall–Kier alpha value is -3.72. The maximum atomic E-state index is 12.3. The first-order valence-electron chi connectivity index (χ1n) is 8.04. The van der Waals surface area contributed by atoms with Crippen molar-refractivity contribution < 1.29 is 4.79 Å². The lowest BCUT2D eigenvalue weighted by Gasteiger charge is -2.09. The molecule has 0 saturated carbocycles. The minimum Gasteiger partial charge on any atom is -0.324 e. The predicted octanol–water partition coefficient (Wildman–Crippen LogP) is 3.96. The van der Waals surface area contributed by atoms with Gasteiger partial charge in [0, 0.05) is 28.3 Å². The lowest BCUT2D eigenvalue weighted by atomic mass is 10.1. The normalized spacial score (nSPS) is 10.0. The minimum absolute atomic E-state index is 0.263. The number of rotatable bonds is 4. The summed E-state index contributed by atoms with van der Waals surface area (Å²) >= 11 is 0. The number of aromatic nitrogens is 2. The Morgan fingerprint density at radius 1 is 0.962 bits per heavy atom. The van der Waals surface area contributed by atoms with Crippen molar-refractivity contribution in [1.29, 1.82) is 5.26 Å². The molecule has 1 amide bonds. The number of hydrogen-bond acceptors (Lipinski definition) is 5. The number of nitriles is 1. The molecule has 0 fully saturated rings. The molecule has 0 bridgehead atoms. The Morgan fingerprint density at radius 3 is 2.27 bits per heavy atom. The van der Waals surface area contributed by atoms with Gasteiger partial charge in [-0.25, -0.2) is 9.97 Å². The number of carbonyl (C=O) groups is 1. The summed E-state index contributed by atoms with van der Waals surface area (Å²) in [4.78, 5) is 21.0. The van der Waals surface area contributed by atoms with E-state index in [0.29, 0.717) is 22.8 Å². The van der Waals surface area contributed by atoms with Gasteiger partial charge in [-0.3, -0.25) is 4.79 Å². The van der Waals surface area contributed by atoms with Crippen molar-refractivity contribution in [2.45, 2.75) is 13.8 Å². The summed E-state index contributed by atoms with van der Waals surface area (Å²) in [6, 6.07) is 17.8. The maximum Gasteiger partial charge on any atom is 0.255 e. The summed E-state index contributed by atoms with van der Waals surface area (Å²) < 4.78 is 0. The SMILES string of the molecule is Cc1cc(C)nc(Nc2ccc(NC(=O)c3cccc(C#N)c3)cc2)n1. The summed E-state index contributed by atoms with van der Waals surface area (Å²) in [6.07, 6.45) is 0. The predicted molar refractivity (Wildman–Crippen MR) is 100 cm³/mol. The standard InChI is InChI=1S/C20H17N5O/c1-13-10-14(2)23-20(22-13)25-18-8-6-17(7-9-18)24-19(26)16-5-3-4-15(11-16)12-21/h3-11H,1-2H3,(H,24,26)(H,22,23,25). The van der Waals surface area contributed by atoms with E-state index in [-0.39, 0.29) is 5.91 Å². The fourth-order valence-electron chi connectivity index (χ4n) is 2.48. The van der Waals surface area contributed by atoms with Gasteiger partial charge in [-0.1, -0.05) is 6.07 Å². The zero-order valence-corrected chi connectivity index (χ0v) is 14.4. The van der Waals surface area contributed by atoms with Crippen LogP contribution in [-0.4, -0.2) is 15.9 Å². The number of carbonyl (C=O) groups excluding carboxylic acids is 1. The Bertz CT molecular complexity index is 970. The number of aryl methyl sites for hydroxylation is 2. The van der Waals surface area contributed by atoms with Gasteiger partial charge in [0.25, 0.3) is 5.91 Å². The molecule has 0 radical (unpaired) electrons. The maximum absolute atomic E-state index is 12.3. The molecule has 0 aliphatic heterocycles. The van der Waals surface area contributed by atoms with Crippen LogP contribution in [0.4, 0.5) is 17.3 Å². The number of benzene rings is 2. The third kappa shape index (κ3) is 4.22. The molecule has 1 aromatic heterocycles. The van der Waals surface area contributed by atoms with Crippen LogP contribution in [-0.2, 0) is 0 Å².